The smallest absolute Gasteiger partial charge is 0.177 e. The van der Waals surface area contributed by atoms with E-state index in [4.69, 9.17) is 9.15 Å². The minimum Gasteiger partial charge on any atom is -0.493 e. The third-order valence-corrected chi connectivity index (χ3v) is 3.09. The van der Waals surface area contributed by atoms with E-state index in [-0.39, 0.29) is 0 Å². The van der Waals surface area contributed by atoms with Crippen molar-refractivity contribution in [1.29, 1.82) is 0 Å². The first kappa shape index (κ1) is 11.5. The van der Waals surface area contributed by atoms with Crippen LogP contribution in [0.2, 0.25) is 0 Å². The number of ether oxygens (including phenoxy) is 1. The number of hydrogen-bond acceptors (Lipinski definition) is 3. The number of carbonyl (C=O) groups excluding carboxylic acids is 1. The highest BCUT2D eigenvalue weighted by atomic mass is 16.5. The molecule has 0 aliphatic rings. The lowest BCUT2D eigenvalue weighted by atomic mass is 10.1. The zero-order valence-electron chi connectivity index (χ0n) is 10.4. The van der Waals surface area contributed by atoms with Gasteiger partial charge in [0.25, 0.3) is 0 Å². The highest BCUT2D eigenvalue weighted by molar-refractivity contribution is 6.00. The quantitative estimate of drug-likeness (QED) is 0.663. The molecular weight excluding hydrogens is 240 g/mol. The Morgan fingerprint density at radius 2 is 1.89 bits per heavy atom. The van der Waals surface area contributed by atoms with Crippen LogP contribution in [0.5, 0.6) is 5.75 Å². The zero-order chi connectivity index (χ0) is 13.2. The third-order valence-electron chi connectivity index (χ3n) is 3.09. The molecular formula is C16H12O3. The fourth-order valence-corrected chi connectivity index (χ4v) is 2.13. The summed E-state index contributed by atoms with van der Waals surface area (Å²) in [6, 6.07) is 15.1. The van der Waals surface area contributed by atoms with Gasteiger partial charge >= 0.3 is 0 Å². The SMILES string of the molecule is COc1ccc(C=O)c2cc(-c3ccccc3)oc12. The molecule has 2 aromatic carbocycles. The van der Waals surface area contributed by atoms with E-state index in [1.807, 2.05) is 36.4 Å². The van der Waals surface area contributed by atoms with Gasteiger partial charge in [-0.3, -0.25) is 4.79 Å². The summed E-state index contributed by atoms with van der Waals surface area (Å²) in [4.78, 5) is 11.1. The summed E-state index contributed by atoms with van der Waals surface area (Å²) in [5.74, 6) is 1.35. The molecule has 0 aliphatic heterocycles. The van der Waals surface area contributed by atoms with E-state index in [0.717, 1.165) is 23.0 Å². The summed E-state index contributed by atoms with van der Waals surface area (Å²) in [6.45, 7) is 0. The largest absolute Gasteiger partial charge is 0.493 e. The van der Waals surface area contributed by atoms with Gasteiger partial charge in [-0.2, -0.15) is 0 Å². The second kappa shape index (κ2) is 4.61. The lowest BCUT2D eigenvalue weighted by molar-refractivity contribution is 0.112. The monoisotopic (exact) mass is 252 g/mol. The number of hydrogen-bond donors (Lipinski definition) is 0. The van der Waals surface area contributed by atoms with Gasteiger partial charge in [0.05, 0.1) is 7.11 Å². The van der Waals surface area contributed by atoms with E-state index in [2.05, 4.69) is 0 Å². The second-order valence-electron chi connectivity index (χ2n) is 4.19. The van der Waals surface area contributed by atoms with Gasteiger partial charge in [-0.05, 0) is 18.2 Å². The molecule has 0 fully saturated rings. The van der Waals surface area contributed by atoms with Crippen LogP contribution in [0.1, 0.15) is 10.4 Å². The van der Waals surface area contributed by atoms with Crippen LogP contribution in [0.15, 0.2) is 52.9 Å². The molecule has 0 saturated heterocycles. The van der Waals surface area contributed by atoms with E-state index >= 15 is 0 Å². The summed E-state index contributed by atoms with van der Waals surface area (Å²) >= 11 is 0. The van der Waals surface area contributed by atoms with Gasteiger partial charge in [-0.1, -0.05) is 30.3 Å². The normalized spacial score (nSPS) is 10.6. The van der Waals surface area contributed by atoms with Gasteiger partial charge in [0, 0.05) is 16.5 Å². The van der Waals surface area contributed by atoms with E-state index in [1.165, 1.54) is 0 Å². The molecule has 94 valence electrons. The van der Waals surface area contributed by atoms with E-state index in [9.17, 15) is 4.79 Å². The van der Waals surface area contributed by atoms with Crippen molar-refractivity contribution in [2.24, 2.45) is 0 Å². The predicted octanol–water partition coefficient (Wildman–Crippen LogP) is 3.92. The maximum Gasteiger partial charge on any atom is 0.177 e. The van der Waals surface area contributed by atoms with Crippen molar-refractivity contribution in [2.75, 3.05) is 7.11 Å². The van der Waals surface area contributed by atoms with E-state index in [0.29, 0.717) is 16.9 Å². The summed E-state index contributed by atoms with van der Waals surface area (Å²) in [6.07, 6.45) is 0.825. The minimum absolute atomic E-state index is 0.599. The average molecular weight is 252 g/mol. The lowest BCUT2D eigenvalue weighted by Gasteiger charge is -2.01. The number of methoxy groups -OCH3 is 1. The molecule has 1 aromatic heterocycles. The Morgan fingerprint density at radius 1 is 1.11 bits per heavy atom. The van der Waals surface area contributed by atoms with Gasteiger partial charge in [0.1, 0.15) is 5.76 Å². The Balaban J connectivity index is 2.27. The highest BCUT2D eigenvalue weighted by Crippen LogP contribution is 2.34. The van der Waals surface area contributed by atoms with Gasteiger partial charge in [0.2, 0.25) is 0 Å². The molecule has 0 bridgehead atoms. The molecule has 0 spiro atoms. The molecule has 3 rings (SSSR count). The van der Waals surface area contributed by atoms with E-state index < -0.39 is 0 Å². The zero-order valence-corrected chi connectivity index (χ0v) is 10.4. The number of rotatable bonds is 3. The van der Waals surface area contributed by atoms with Crippen molar-refractivity contribution in [1.82, 2.24) is 0 Å². The molecule has 3 nitrogen and oxygen atoms in total. The van der Waals surface area contributed by atoms with Crippen LogP contribution in [-0.2, 0) is 0 Å². The third kappa shape index (κ3) is 1.89. The molecule has 19 heavy (non-hydrogen) atoms. The summed E-state index contributed by atoms with van der Waals surface area (Å²) < 4.78 is 11.1. The number of aldehydes is 1. The lowest BCUT2D eigenvalue weighted by Crippen LogP contribution is -1.86. The number of carbonyl (C=O) groups is 1. The van der Waals surface area contributed by atoms with Crippen LogP contribution in [-0.4, -0.2) is 13.4 Å². The van der Waals surface area contributed by atoms with Gasteiger partial charge in [-0.25, -0.2) is 0 Å². The van der Waals surface area contributed by atoms with Crippen LogP contribution in [0.4, 0.5) is 0 Å². The predicted molar refractivity (Wildman–Crippen MR) is 73.6 cm³/mol. The first-order valence-corrected chi connectivity index (χ1v) is 5.94. The van der Waals surface area contributed by atoms with Crippen LogP contribution in [0, 0.1) is 0 Å². The van der Waals surface area contributed by atoms with Crippen molar-refractivity contribution in [3.8, 4) is 17.1 Å². The molecule has 3 heteroatoms. The molecule has 1 heterocycles. The molecule has 0 atom stereocenters. The fourth-order valence-electron chi connectivity index (χ4n) is 2.13. The molecule has 0 radical (unpaired) electrons. The minimum atomic E-state index is 0.599. The van der Waals surface area contributed by atoms with Crippen molar-refractivity contribution < 1.29 is 13.9 Å². The number of fused-ring (bicyclic) bond motifs is 1. The van der Waals surface area contributed by atoms with Crippen LogP contribution >= 0.6 is 0 Å². The maximum atomic E-state index is 11.1. The Labute approximate surface area is 110 Å². The summed E-state index contributed by atoms with van der Waals surface area (Å²) in [5.41, 5.74) is 2.17. The molecule has 0 unspecified atom stereocenters. The molecule has 0 amide bonds. The van der Waals surface area contributed by atoms with Gasteiger partial charge in [-0.15, -0.1) is 0 Å². The summed E-state index contributed by atoms with van der Waals surface area (Å²) in [7, 11) is 1.58. The van der Waals surface area contributed by atoms with Crippen LogP contribution < -0.4 is 4.74 Å². The van der Waals surface area contributed by atoms with Gasteiger partial charge < -0.3 is 9.15 Å². The first-order chi connectivity index (χ1) is 9.33. The topological polar surface area (TPSA) is 39.4 Å². The average Bonchev–Trinajstić information content (AvgIpc) is 2.92. The van der Waals surface area contributed by atoms with Crippen molar-refractivity contribution in [3.05, 3.63) is 54.1 Å². The van der Waals surface area contributed by atoms with Gasteiger partial charge in [0.15, 0.2) is 17.6 Å². The Kier molecular flexibility index (Phi) is 2.80. The number of benzene rings is 2. The first-order valence-electron chi connectivity index (χ1n) is 5.94. The fraction of sp³-hybridized carbons (Fsp3) is 0.0625. The maximum absolute atomic E-state index is 11.1. The molecule has 0 saturated carbocycles. The highest BCUT2D eigenvalue weighted by Gasteiger charge is 2.13. The van der Waals surface area contributed by atoms with Crippen LogP contribution in [0.25, 0.3) is 22.3 Å². The Hall–Kier alpha value is -2.55. The number of furan rings is 1. The molecule has 0 aliphatic carbocycles. The van der Waals surface area contributed by atoms with Crippen LogP contribution in [0.3, 0.4) is 0 Å². The Bertz CT molecular complexity index is 726. The van der Waals surface area contributed by atoms with Crippen molar-refractivity contribution >= 4 is 17.3 Å². The standard InChI is InChI=1S/C16H12O3/c1-18-14-8-7-12(10-17)13-9-15(19-16(13)14)11-5-3-2-4-6-11/h2-10H,1H3. The summed E-state index contributed by atoms with van der Waals surface area (Å²) in [5, 5.41) is 0.771. The second-order valence-corrected chi connectivity index (χ2v) is 4.19. The van der Waals surface area contributed by atoms with E-state index in [1.54, 1.807) is 19.2 Å². The Morgan fingerprint density at radius 3 is 2.58 bits per heavy atom. The van der Waals surface area contributed by atoms with Crippen molar-refractivity contribution in [3.63, 3.8) is 0 Å². The molecule has 3 aromatic rings. The molecule has 0 N–H and O–H groups in total. The van der Waals surface area contributed by atoms with Crippen molar-refractivity contribution in [2.45, 2.75) is 0 Å².